The van der Waals surface area contributed by atoms with Crippen molar-refractivity contribution in [2.45, 2.75) is 11.2 Å². The summed E-state index contributed by atoms with van der Waals surface area (Å²) in [5.74, 6) is -0.165. The summed E-state index contributed by atoms with van der Waals surface area (Å²) >= 11 is 3.25. The minimum atomic E-state index is -0.252. The molecule has 0 aliphatic heterocycles. The smallest absolute Gasteiger partial charge is 0.123 e. The Kier molecular flexibility index (Phi) is 3.48. The molecule has 1 aromatic carbocycles. The lowest BCUT2D eigenvalue weighted by molar-refractivity contribution is 0.397. The van der Waals surface area contributed by atoms with Gasteiger partial charge in [0.15, 0.2) is 0 Å². The maximum absolute atomic E-state index is 12.5. The molecule has 0 heterocycles. The molecule has 0 radical (unpaired) electrons. The van der Waals surface area contributed by atoms with Crippen molar-refractivity contribution in [3.8, 4) is 0 Å². The first kappa shape index (κ1) is 10.3. The van der Waals surface area contributed by atoms with Crippen LogP contribution in [0.25, 0.3) is 0 Å². The van der Waals surface area contributed by atoms with Crippen LogP contribution in [0.2, 0.25) is 0 Å². The topological polar surface area (TPSA) is 20.2 Å². The molecule has 1 atom stereocenters. The number of rotatable bonds is 3. The van der Waals surface area contributed by atoms with Gasteiger partial charge in [-0.05, 0) is 24.1 Å². The predicted molar refractivity (Wildman–Crippen MR) is 54.6 cm³/mol. The summed E-state index contributed by atoms with van der Waals surface area (Å²) in [5, 5.41) is 9.02. The van der Waals surface area contributed by atoms with Crippen molar-refractivity contribution in [3.05, 3.63) is 48.0 Å². The van der Waals surface area contributed by atoms with Gasteiger partial charge in [0.1, 0.15) is 5.82 Å². The number of alkyl halides is 1. The molecule has 0 aromatic heterocycles. The summed E-state index contributed by atoms with van der Waals surface area (Å²) in [6.45, 7) is 3.40. The number of hydrogen-bond donors (Lipinski definition) is 1. The highest BCUT2D eigenvalue weighted by molar-refractivity contribution is 9.09. The van der Waals surface area contributed by atoms with E-state index in [1.54, 1.807) is 12.1 Å². The lowest BCUT2D eigenvalue weighted by Crippen LogP contribution is -2.04. The summed E-state index contributed by atoms with van der Waals surface area (Å²) in [6, 6.07) is 6.17. The van der Waals surface area contributed by atoms with Gasteiger partial charge in [-0.15, -0.1) is 0 Å². The molecule has 0 saturated carbocycles. The Balaban J connectivity index is 2.64. The Morgan fingerprint density at radius 3 is 2.46 bits per heavy atom. The lowest BCUT2D eigenvalue weighted by Gasteiger charge is -2.07. The van der Waals surface area contributed by atoms with Gasteiger partial charge in [0.05, 0.1) is 10.6 Å². The van der Waals surface area contributed by atoms with Crippen LogP contribution in [0.4, 0.5) is 4.39 Å². The van der Waals surface area contributed by atoms with Crippen molar-refractivity contribution >= 4 is 15.9 Å². The molecule has 1 aromatic rings. The molecule has 0 unspecified atom stereocenters. The molecule has 1 rings (SSSR count). The van der Waals surface area contributed by atoms with Gasteiger partial charge in [-0.3, -0.25) is 0 Å². The normalized spacial score (nSPS) is 12.5. The van der Waals surface area contributed by atoms with E-state index in [0.717, 1.165) is 5.56 Å². The minimum absolute atomic E-state index is 0.0873. The zero-order chi connectivity index (χ0) is 9.84. The van der Waals surface area contributed by atoms with Gasteiger partial charge in [-0.2, -0.15) is 0 Å². The first-order chi connectivity index (χ1) is 6.09. The number of aliphatic hydroxyl groups excluding tert-OH is 1. The number of allylic oxidation sites excluding steroid dienone is 1. The van der Waals surface area contributed by atoms with Gasteiger partial charge in [-0.1, -0.05) is 34.6 Å². The summed E-state index contributed by atoms with van der Waals surface area (Å²) in [7, 11) is 0. The molecule has 0 saturated heterocycles. The molecule has 70 valence electrons. The average Bonchev–Trinajstić information content (AvgIpc) is 2.08. The lowest BCUT2D eigenvalue weighted by atomic mass is 10.1. The Morgan fingerprint density at radius 1 is 1.46 bits per heavy atom. The van der Waals surface area contributed by atoms with E-state index in [2.05, 4.69) is 22.5 Å². The van der Waals surface area contributed by atoms with Crippen LogP contribution in [0.5, 0.6) is 0 Å². The van der Waals surface area contributed by atoms with E-state index in [1.807, 2.05) is 0 Å². The standard InChI is InChI=1S/C10H10BrFO/c1-7(13)10(11)6-8-2-4-9(12)5-3-8/h2-5,10,13H,1,6H2/t10-/m1/s1. The van der Waals surface area contributed by atoms with E-state index >= 15 is 0 Å². The van der Waals surface area contributed by atoms with Crippen molar-refractivity contribution in [1.82, 2.24) is 0 Å². The molecule has 3 heteroatoms. The highest BCUT2D eigenvalue weighted by Gasteiger charge is 2.07. The van der Waals surface area contributed by atoms with Crippen molar-refractivity contribution in [2.24, 2.45) is 0 Å². The largest absolute Gasteiger partial charge is 0.512 e. The molecule has 0 spiro atoms. The van der Waals surface area contributed by atoms with Gasteiger partial charge >= 0.3 is 0 Å². The van der Waals surface area contributed by atoms with Crippen LogP contribution in [-0.2, 0) is 6.42 Å². The molecule has 1 nitrogen and oxygen atoms in total. The van der Waals surface area contributed by atoms with Crippen LogP contribution in [0.1, 0.15) is 5.56 Å². The third kappa shape index (κ3) is 3.19. The first-order valence-electron chi connectivity index (χ1n) is 3.86. The average molecular weight is 245 g/mol. The van der Waals surface area contributed by atoms with E-state index in [-0.39, 0.29) is 16.4 Å². The number of benzene rings is 1. The van der Waals surface area contributed by atoms with E-state index in [0.29, 0.717) is 6.42 Å². The Bertz CT molecular complexity index is 294. The highest BCUT2D eigenvalue weighted by atomic mass is 79.9. The van der Waals surface area contributed by atoms with Crippen LogP contribution < -0.4 is 0 Å². The molecule has 0 bridgehead atoms. The fourth-order valence-corrected chi connectivity index (χ4v) is 1.32. The Labute approximate surface area is 85.0 Å². The molecular formula is C10H10BrFO. The summed E-state index contributed by atoms with van der Waals surface area (Å²) < 4.78 is 12.5. The number of aliphatic hydroxyl groups is 1. The van der Waals surface area contributed by atoms with Crippen LogP contribution in [0.15, 0.2) is 36.6 Å². The summed E-state index contributed by atoms with van der Waals surface area (Å²) in [4.78, 5) is -0.169. The Morgan fingerprint density at radius 2 is 2.00 bits per heavy atom. The first-order valence-corrected chi connectivity index (χ1v) is 4.77. The number of hydrogen-bond acceptors (Lipinski definition) is 1. The predicted octanol–water partition coefficient (Wildman–Crippen LogP) is 3.20. The van der Waals surface area contributed by atoms with Gasteiger partial charge in [-0.25, -0.2) is 4.39 Å². The van der Waals surface area contributed by atoms with Crippen molar-refractivity contribution < 1.29 is 9.50 Å². The highest BCUT2D eigenvalue weighted by Crippen LogP contribution is 2.15. The van der Waals surface area contributed by atoms with Gasteiger partial charge in [0.25, 0.3) is 0 Å². The fourth-order valence-electron chi connectivity index (χ4n) is 0.945. The maximum atomic E-state index is 12.5. The molecule has 0 amide bonds. The zero-order valence-electron chi connectivity index (χ0n) is 7.00. The Hall–Kier alpha value is -0.830. The minimum Gasteiger partial charge on any atom is -0.512 e. The van der Waals surface area contributed by atoms with E-state index < -0.39 is 0 Å². The third-order valence-corrected chi connectivity index (χ3v) is 2.54. The zero-order valence-corrected chi connectivity index (χ0v) is 8.59. The van der Waals surface area contributed by atoms with Crippen LogP contribution in [-0.4, -0.2) is 9.93 Å². The van der Waals surface area contributed by atoms with Gasteiger partial charge < -0.3 is 5.11 Å². The van der Waals surface area contributed by atoms with Crippen molar-refractivity contribution in [1.29, 1.82) is 0 Å². The second-order valence-electron chi connectivity index (χ2n) is 2.79. The van der Waals surface area contributed by atoms with Crippen molar-refractivity contribution in [2.75, 3.05) is 0 Å². The second-order valence-corrected chi connectivity index (χ2v) is 3.89. The second kappa shape index (κ2) is 4.42. The van der Waals surface area contributed by atoms with Gasteiger partial charge in [0.2, 0.25) is 0 Å². The fraction of sp³-hybridized carbons (Fsp3) is 0.200. The maximum Gasteiger partial charge on any atom is 0.123 e. The van der Waals surface area contributed by atoms with E-state index in [4.69, 9.17) is 5.11 Å². The van der Waals surface area contributed by atoms with Crippen LogP contribution in [0, 0.1) is 5.82 Å². The van der Waals surface area contributed by atoms with Gasteiger partial charge in [0, 0.05) is 0 Å². The monoisotopic (exact) mass is 244 g/mol. The summed E-state index contributed by atoms with van der Waals surface area (Å²) in [5.41, 5.74) is 0.957. The SMILES string of the molecule is C=C(O)[C@H](Br)Cc1ccc(F)cc1. The molecule has 13 heavy (non-hydrogen) atoms. The molecule has 0 aliphatic carbocycles. The van der Waals surface area contributed by atoms with Crippen molar-refractivity contribution in [3.63, 3.8) is 0 Å². The molecule has 0 fully saturated rings. The van der Waals surface area contributed by atoms with E-state index in [1.165, 1.54) is 12.1 Å². The molecule has 1 N–H and O–H groups in total. The summed E-state index contributed by atoms with van der Waals surface area (Å²) in [6.07, 6.45) is 0.607. The van der Waals surface area contributed by atoms with E-state index in [9.17, 15) is 4.39 Å². The molecular weight excluding hydrogens is 235 g/mol. The van der Waals surface area contributed by atoms with Crippen LogP contribution in [0.3, 0.4) is 0 Å². The molecule has 0 aliphatic rings. The number of halogens is 2. The van der Waals surface area contributed by atoms with Crippen LogP contribution >= 0.6 is 15.9 Å². The quantitative estimate of drug-likeness (QED) is 0.640. The third-order valence-electron chi connectivity index (χ3n) is 1.69.